The maximum atomic E-state index is 12.3. The molecular formula is C27H23N3O2. The van der Waals surface area contributed by atoms with Crippen LogP contribution in [-0.2, 0) is 10.3 Å². The van der Waals surface area contributed by atoms with Crippen molar-refractivity contribution < 1.29 is 9.53 Å². The molecule has 6 rings (SSSR count). The predicted octanol–water partition coefficient (Wildman–Crippen LogP) is 5.86. The van der Waals surface area contributed by atoms with E-state index in [0.717, 1.165) is 65.0 Å². The highest BCUT2D eigenvalue weighted by atomic mass is 16.6. The highest BCUT2D eigenvalue weighted by Crippen LogP contribution is 2.50. The van der Waals surface area contributed by atoms with Crippen LogP contribution in [0.2, 0.25) is 0 Å². The molecule has 0 unspecified atom stereocenters. The standard InChI is InChI=1S/C27H23N3O2/c31-26-21-8-4-5-9-22(21)27(32-26)13-10-19(11-14-27)24-17-25(30-29-24)20-12-15-28-23(16-20)18-6-2-1-3-7-18/h1-9,12,15-17,19H,10-11,13-14H2,(H,29,30). The van der Waals surface area contributed by atoms with Crippen molar-refractivity contribution >= 4 is 5.97 Å². The summed E-state index contributed by atoms with van der Waals surface area (Å²) in [6, 6.07) is 24.2. The van der Waals surface area contributed by atoms with Crippen molar-refractivity contribution in [3.05, 3.63) is 95.8 Å². The van der Waals surface area contributed by atoms with Gasteiger partial charge in [-0.2, -0.15) is 5.10 Å². The van der Waals surface area contributed by atoms with E-state index in [1.165, 1.54) is 0 Å². The van der Waals surface area contributed by atoms with Gasteiger partial charge in [-0.1, -0.05) is 48.5 Å². The van der Waals surface area contributed by atoms with Crippen LogP contribution in [0.5, 0.6) is 0 Å². The van der Waals surface area contributed by atoms with E-state index in [4.69, 9.17) is 4.74 Å². The highest BCUT2D eigenvalue weighted by Gasteiger charge is 2.47. The molecule has 2 aromatic carbocycles. The molecule has 1 saturated carbocycles. The summed E-state index contributed by atoms with van der Waals surface area (Å²) in [6.07, 6.45) is 5.41. The first-order valence-electron chi connectivity index (χ1n) is 11.1. The second-order valence-corrected chi connectivity index (χ2v) is 8.71. The van der Waals surface area contributed by atoms with E-state index < -0.39 is 5.60 Å². The van der Waals surface area contributed by atoms with Crippen molar-refractivity contribution in [1.29, 1.82) is 0 Å². The average Bonchev–Trinajstić information content (AvgIpc) is 3.45. The lowest BCUT2D eigenvalue weighted by Gasteiger charge is -2.36. The Labute approximate surface area is 186 Å². The molecule has 1 aliphatic carbocycles. The summed E-state index contributed by atoms with van der Waals surface area (Å²) in [5.41, 5.74) is 6.47. The van der Waals surface area contributed by atoms with E-state index in [0.29, 0.717) is 5.92 Å². The first-order valence-corrected chi connectivity index (χ1v) is 11.1. The van der Waals surface area contributed by atoms with E-state index in [2.05, 4.69) is 39.4 Å². The van der Waals surface area contributed by atoms with Crippen molar-refractivity contribution in [2.75, 3.05) is 0 Å². The van der Waals surface area contributed by atoms with Gasteiger partial charge in [0.05, 0.1) is 17.0 Å². The number of nitrogens with one attached hydrogen (secondary N) is 1. The molecule has 5 nitrogen and oxygen atoms in total. The molecule has 1 spiro atoms. The van der Waals surface area contributed by atoms with Crippen LogP contribution in [0.25, 0.3) is 22.5 Å². The van der Waals surface area contributed by atoms with Crippen LogP contribution in [0.4, 0.5) is 0 Å². The Morgan fingerprint density at radius 1 is 0.875 bits per heavy atom. The van der Waals surface area contributed by atoms with Gasteiger partial charge in [0.1, 0.15) is 5.60 Å². The topological polar surface area (TPSA) is 67.9 Å². The fourth-order valence-electron chi connectivity index (χ4n) is 5.16. The van der Waals surface area contributed by atoms with Crippen LogP contribution < -0.4 is 0 Å². The van der Waals surface area contributed by atoms with Crippen LogP contribution in [0.3, 0.4) is 0 Å². The summed E-state index contributed by atoms with van der Waals surface area (Å²) in [6.45, 7) is 0. The normalized spacial score (nSPS) is 22.0. The van der Waals surface area contributed by atoms with Gasteiger partial charge in [-0.25, -0.2) is 4.79 Å². The molecule has 0 amide bonds. The summed E-state index contributed by atoms with van der Waals surface area (Å²) >= 11 is 0. The SMILES string of the molecule is O=C1OC2(CCC(c3cc(-c4ccnc(-c5ccccc5)c4)n[nH]3)CC2)c2ccccc21. The summed E-state index contributed by atoms with van der Waals surface area (Å²) in [7, 11) is 0. The smallest absolute Gasteiger partial charge is 0.339 e. The number of esters is 1. The Balaban J connectivity index is 1.21. The lowest BCUT2D eigenvalue weighted by molar-refractivity contribution is -0.0311. The molecule has 158 valence electrons. The number of rotatable bonds is 3. The molecule has 2 aliphatic rings. The molecule has 0 saturated heterocycles. The molecular weight excluding hydrogens is 398 g/mol. The first-order chi connectivity index (χ1) is 15.7. The molecule has 1 aliphatic heterocycles. The summed E-state index contributed by atoms with van der Waals surface area (Å²) in [4.78, 5) is 16.9. The number of carbonyl (C=O) groups excluding carboxylic acids is 1. The van der Waals surface area contributed by atoms with Gasteiger partial charge in [-0.3, -0.25) is 10.1 Å². The van der Waals surface area contributed by atoms with Crippen LogP contribution in [-0.4, -0.2) is 21.2 Å². The second kappa shape index (κ2) is 7.45. The summed E-state index contributed by atoms with van der Waals surface area (Å²) in [5.74, 6) is 0.193. The first kappa shape index (κ1) is 19.0. The summed E-state index contributed by atoms with van der Waals surface area (Å²) < 4.78 is 5.90. The lowest BCUT2D eigenvalue weighted by Crippen LogP contribution is -2.31. The predicted molar refractivity (Wildman–Crippen MR) is 122 cm³/mol. The van der Waals surface area contributed by atoms with Crippen LogP contribution in [0.15, 0.2) is 79.0 Å². The molecule has 3 heterocycles. The lowest BCUT2D eigenvalue weighted by atomic mass is 9.74. The monoisotopic (exact) mass is 421 g/mol. The van der Waals surface area contributed by atoms with Crippen molar-refractivity contribution in [3.63, 3.8) is 0 Å². The largest absolute Gasteiger partial charge is 0.451 e. The molecule has 1 fully saturated rings. The number of ether oxygens (including phenoxy) is 1. The number of benzene rings is 2. The third-order valence-corrected chi connectivity index (χ3v) is 6.88. The van der Waals surface area contributed by atoms with E-state index in [1.807, 2.05) is 54.7 Å². The zero-order chi connectivity index (χ0) is 21.5. The Kier molecular flexibility index (Phi) is 4.42. The van der Waals surface area contributed by atoms with Crippen molar-refractivity contribution in [2.24, 2.45) is 0 Å². The Morgan fingerprint density at radius 2 is 1.66 bits per heavy atom. The molecule has 1 N–H and O–H groups in total. The van der Waals surface area contributed by atoms with Gasteiger partial charge in [0, 0.05) is 34.5 Å². The zero-order valence-electron chi connectivity index (χ0n) is 17.6. The average molecular weight is 422 g/mol. The van der Waals surface area contributed by atoms with E-state index in [1.54, 1.807) is 0 Å². The molecule has 0 radical (unpaired) electrons. The zero-order valence-corrected chi connectivity index (χ0v) is 17.6. The number of pyridine rings is 1. The minimum atomic E-state index is -0.456. The quantitative estimate of drug-likeness (QED) is 0.421. The van der Waals surface area contributed by atoms with E-state index in [9.17, 15) is 4.79 Å². The van der Waals surface area contributed by atoms with Gasteiger partial charge < -0.3 is 4.74 Å². The molecule has 0 atom stereocenters. The van der Waals surface area contributed by atoms with E-state index in [-0.39, 0.29) is 5.97 Å². The molecule has 5 heteroatoms. The van der Waals surface area contributed by atoms with Gasteiger partial charge in [0.2, 0.25) is 0 Å². The van der Waals surface area contributed by atoms with Crippen molar-refractivity contribution in [3.8, 4) is 22.5 Å². The van der Waals surface area contributed by atoms with Crippen molar-refractivity contribution in [2.45, 2.75) is 37.2 Å². The number of H-pyrrole nitrogens is 1. The van der Waals surface area contributed by atoms with E-state index >= 15 is 0 Å². The minimum absolute atomic E-state index is 0.185. The summed E-state index contributed by atoms with van der Waals surface area (Å²) in [5, 5.41) is 7.86. The number of aromatic nitrogens is 3. The second-order valence-electron chi connectivity index (χ2n) is 8.71. The Morgan fingerprint density at radius 3 is 2.50 bits per heavy atom. The number of aromatic amines is 1. The third-order valence-electron chi connectivity index (χ3n) is 6.88. The third kappa shape index (κ3) is 3.12. The minimum Gasteiger partial charge on any atom is -0.451 e. The van der Waals surface area contributed by atoms with Gasteiger partial charge in [-0.05, 0) is 49.9 Å². The number of fused-ring (bicyclic) bond motifs is 2. The maximum Gasteiger partial charge on any atom is 0.339 e. The van der Waals surface area contributed by atoms with Crippen LogP contribution in [0.1, 0.15) is 53.2 Å². The fraction of sp³-hybridized carbons (Fsp3) is 0.222. The number of carbonyl (C=O) groups is 1. The molecule has 2 aromatic heterocycles. The van der Waals surface area contributed by atoms with Crippen molar-refractivity contribution in [1.82, 2.24) is 15.2 Å². The Hall–Kier alpha value is -3.73. The number of nitrogens with zero attached hydrogens (tertiary/aromatic N) is 2. The Bertz CT molecular complexity index is 1290. The highest BCUT2D eigenvalue weighted by molar-refractivity contribution is 5.94. The van der Waals surface area contributed by atoms with Gasteiger partial charge in [-0.15, -0.1) is 0 Å². The number of hydrogen-bond acceptors (Lipinski definition) is 4. The number of hydrogen-bond donors (Lipinski definition) is 1. The molecule has 32 heavy (non-hydrogen) atoms. The van der Waals surface area contributed by atoms with Crippen LogP contribution in [0, 0.1) is 0 Å². The van der Waals surface area contributed by atoms with Crippen LogP contribution >= 0.6 is 0 Å². The molecule has 0 bridgehead atoms. The molecule has 4 aromatic rings. The fourth-order valence-corrected chi connectivity index (χ4v) is 5.16. The van der Waals surface area contributed by atoms with Gasteiger partial charge in [0.25, 0.3) is 0 Å². The van der Waals surface area contributed by atoms with Gasteiger partial charge in [0.15, 0.2) is 0 Å². The van der Waals surface area contributed by atoms with Gasteiger partial charge >= 0.3 is 5.97 Å². The maximum absolute atomic E-state index is 12.3.